The molecule has 130 valence electrons. The van der Waals surface area contributed by atoms with Crippen LogP contribution in [0.25, 0.3) is 0 Å². The molecule has 2 aromatic rings. The number of rotatable bonds is 4. The molecule has 1 heterocycles. The number of hydrogen-bond donors (Lipinski definition) is 2. The van der Waals surface area contributed by atoms with Gasteiger partial charge in [0.1, 0.15) is 5.82 Å². The molecule has 1 aliphatic heterocycles. The van der Waals surface area contributed by atoms with Crippen LogP contribution in [-0.2, 0) is 5.54 Å². The summed E-state index contributed by atoms with van der Waals surface area (Å²) in [6.07, 6.45) is 0. The minimum atomic E-state index is -0.716. The van der Waals surface area contributed by atoms with Crippen LogP contribution in [0.1, 0.15) is 29.8 Å². The van der Waals surface area contributed by atoms with E-state index in [2.05, 4.69) is 10.6 Å². The summed E-state index contributed by atoms with van der Waals surface area (Å²) in [5.74, 6) is -0.597. The first-order chi connectivity index (χ1) is 11.9. The standard InChI is InChI=1S/C19H20FN3O2/c1-19(2,14-4-3-5-15(20)12-14)22-17(24)13-6-8-16(9-7-13)23-11-10-21-18(23)25/h3-9,12H,10-11H2,1-2H3,(H,21,25)(H,22,24). The smallest absolute Gasteiger partial charge is 0.321 e. The number of hydrogen-bond acceptors (Lipinski definition) is 2. The molecule has 0 aliphatic carbocycles. The summed E-state index contributed by atoms with van der Waals surface area (Å²) >= 11 is 0. The Morgan fingerprint density at radius 2 is 1.92 bits per heavy atom. The van der Waals surface area contributed by atoms with E-state index in [1.54, 1.807) is 41.3 Å². The first-order valence-electron chi connectivity index (χ1n) is 8.11. The first kappa shape index (κ1) is 17.0. The summed E-state index contributed by atoms with van der Waals surface area (Å²) in [7, 11) is 0. The van der Waals surface area contributed by atoms with E-state index in [1.165, 1.54) is 12.1 Å². The van der Waals surface area contributed by atoms with E-state index in [0.29, 0.717) is 24.2 Å². The number of urea groups is 1. The zero-order valence-electron chi connectivity index (χ0n) is 14.2. The van der Waals surface area contributed by atoms with Gasteiger partial charge in [-0.2, -0.15) is 0 Å². The minimum absolute atomic E-state index is 0.135. The van der Waals surface area contributed by atoms with Crippen LogP contribution in [0.2, 0.25) is 0 Å². The van der Waals surface area contributed by atoms with Gasteiger partial charge in [0.2, 0.25) is 0 Å². The van der Waals surface area contributed by atoms with Gasteiger partial charge in [-0.1, -0.05) is 12.1 Å². The maximum absolute atomic E-state index is 13.4. The van der Waals surface area contributed by atoms with Gasteiger partial charge in [0, 0.05) is 24.3 Å². The van der Waals surface area contributed by atoms with Gasteiger partial charge < -0.3 is 10.6 Å². The molecule has 1 fully saturated rings. The van der Waals surface area contributed by atoms with Crippen LogP contribution >= 0.6 is 0 Å². The zero-order valence-corrected chi connectivity index (χ0v) is 14.2. The highest BCUT2D eigenvalue weighted by atomic mass is 19.1. The van der Waals surface area contributed by atoms with Crippen LogP contribution in [0.5, 0.6) is 0 Å². The monoisotopic (exact) mass is 341 g/mol. The predicted octanol–water partition coefficient (Wildman–Crippen LogP) is 3.02. The normalized spacial score (nSPS) is 14.4. The average molecular weight is 341 g/mol. The van der Waals surface area contributed by atoms with Crippen molar-refractivity contribution < 1.29 is 14.0 Å². The quantitative estimate of drug-likeness (QED) is 0.898. The fraction of sp³-hybridized carbons (Fsp3) is 0.263. The fourth-order valence-electron chi connectivity index (χ4n) is 2.82. The van der Waals surface area contributed by atoms with Crippen molar-refractivity contribution in [3.63, 3.8) is 0 Å². The molecule has 0 atom stereocenters. The number of amides is 3. The van der Waals surface area contributed by atoms with E-state index in [4.69, 9.17) is 0 Å². The Hall–Kier alpha value is -2.89. The van der Waals surface area contributed by atoms with Crippen LogP contribution in [0.4, 0.5) is 14.9 Å². The summed E-state index contributed by atoms with van der Waals surface area (Å²) in [6, 6.07) is 12.9. The van der Waals surface area contributed by atoms with Crippen LogP contribution in [0.3, 0.4) is 0 Å². The second-order valence-electron chi connectivity index (χ2n) is 6.52. The van der Waals surface area contributed by atoms with Gasteiger partial charge >= 0.3 is 6.03 Å². The Kier molecular flexibility index (Phi) is 4.44. The zero-order chi connectivity index (χ0) is 18.0. The number of nitrogens with one attached hydrogen (secondary N) is 2. The molecule has 0 radical (unpaired) electrons. The molecular weight excluding hydrogens is 321 g/mol. The number of carbonyl (C=O) groups excluding carboxylic acids is 2. The Bertz CT molecular complexity index is 803. The molecular formula is C19H20FN3O2. The summed E-state index contributed by atoms with van der Waals surface area (Å²) in [5, 5.41) is 5.65. The van der Waals surface area contributed by atoms with Gasteiger partial charge in [0.15, 0.2) is 0 Å². The van der Waals surface area contributed by atoms with Crippen molar-refractivity contribution in [2.75, 3.05) is 18.0 Å². The third-order valence-electron chi connectivity index (χ3n) is 4.27. The van der Waals surface area contributed by atoms with Crippen molar-refractivity contribution in [2.24, 2.45) is 0 Å². The number of anilines is 1. The van der Waals surface area contributed by atoms with E-state index < -0.39 is 5.54 Å². The van der Waals surface area contributed by atoms with Crippen molar-refractivity contribution in [3.8, 4) is 0 Å². The van der Waals surface area contributed by atoms with Crippen molar-refractivity contribution in [1.29, 1.82) is 0 Å². The summed E-state index contributed by atoms with van der Waals surface area (Å²) in [5.41, 5.74) is 1.20. The lowest BCUT2D eigenvalue weighted by atomic mass is 9.93. The highest BCUT2D eigenvalue weighted by Gasteiger charge is 2.25. The first-order valence-corrected chi connectivity index (χ1v) is 8.11. The Labute approximate surface area is 145 Å². The van der Waals surface area contributed by atoms with Crippen LogP contribution in [-0.4, -0.2) is 25.0 Å². The Morgan fingerprint density at radius 1 is 1.20 bits per heavy atom. The molecule has 2 N–H and O–H groups in total. The summed E-state index contributed by atoms with van der Waals surface area (Å²) < 4.78 is 13.4. The molecule has 0 aromatic heterocycles. The van der Waals surface area contributed by atoms with E-state index >= 15 is 0 Å². The van der Waals surface area contributed by atoms with Gasteiger partial charge in [-0.25, -0.2) is 9.18 Å². The Morgan fingerprint density at radius 3 is 2.52 bits per heavy atom. The lowest BCUT2D eigenvalue weighted by Crippen LogP contribution is -2.41. The summed E-state index contributed by atoms with van der Waals surface area (Å²) in [4.78, 5) is 25.8. The topological polar surface area (TPSA) is 61.4 Å². The van der Waals surface area contributed by atoms with Crippen molar-refractivity contribution in [1.82, 2.24) is 10.6 Å². The fourth-order valence-corrected chi connectivity index (χ4v) is 2.82. The van der Waals surface area contributed by atoms with Crippen molar-refractivity contribution in [3.05, 3.63) is 65.5 Å². The van der Waals surface area contributed by atoms with E-state index in [-0.39, 0.29) is 17.8 Å². The highest BCUT2D eigenvalue weighted by Crippen LogP contribution is 2.22. The highest BCUT2D eigenvalue weighted by molar-refractivity contribution is 5.97. The van der Waals surface area contributed by atoms with Gasteiger partial charge in [-0.3, -0.25) is 9.69 Å². The van der Waals surface area contributed by atoms with Crippen molar-refractivity contribution in [2.45, 2.75) is 19.4 Å². The van der Waals surface area contributed by atoms with E-state index in [9.17, 15) is 14.0 Å². The molecule has 2 aromatic carbocycles. The van der Waals surface area contributed by atoms with Gasteiger partial charge in [-0.05, 0) is 55.8 Å². The number of carbonyl (C=O) groups is 2. The minimum Gasteiger partial charge on any atom is -0.343 e. The Balaban J connectivity index is 1.73. The second kappa shape index (κ2) is 6.55. The molecule has 3 amide bonds. The molecule has 0 saturated carbocycles. The molecule has 3 rings (SSSR count). The molecule has 6 heteroatoms. The van der Waals surface area contributed by atoms with E-state index in [0.717, 1.165) is 5.69 Å². The SMILES string of the molecule is CC(C)(NC(=O)c1ccc(N2CCNC2=O)cc1)c1cccc(F)c1. The molecule has 0 bridgehead atoms. The average Bonchev–Trinajstić information content (AvgIpc) is 3.00. The van der Waals surface area contributed by atoms with Crippen LogP contribution in [0.15, 0.2) is 48.5 Å². The van der Waals surface area contributed by atoms with Gasteiger partial charge in [0.25, 0.3) is 5.91 Å². The van der Waals surface area contributed by atoms with Gasteiger partial charge in [-0.15, -0.1) is 0 Å². The molecule has 0 unspecified atom stereocenters. The lowest BCUT2D eigenvalue weighted by molar-refractivity contribution is 0.0912. The number of nitrogens with zero attached hydrogens (tertiary/aromatic N) is 1. The number of halogens is 1. The molecule has 0 spiro atoms. The summed E-state index contributed by atoms with van der Waals surface area (Å²) in [6.45, 7) is 4.87. The van der Waals surface area contributed by atoms with Crippen LogP contribution < -0.4 is 15.5 Å². The second-order valence-corrected chi connectivity index (χ2v) is 6.52. The lowest BCUT2D eigenvalue weighted by Gasteiger charge is -2.27. The van der Waals surface area contributed by atoms with Crippen molar-refractivity contribution >= 4 is 17.6 Å². The third-order valence-corrected chi connectivity index (χ3v) is 4.27. The largest absolute Gasteiger partial charge is 0.343 e. The molecule has 1 saturated heterocycles. The van der Waals surface area contributed by atoms with Gasteiger partial charge in [0.05, 0.1) is 5.54 Å². The number of benzene rings is 2. The molecule has 25 heavy (non-hydrogen) atoms. The van der Waals surface area contributed by atoms with E-state index in [1.807, 2.05) is 13.8 Å². The predicted molar refractivity (Wildman–Crippen MR) is 94.1 cm³/mol. The molecule has 5 nitrogen and oxygen atoms in total. The van der Waals surface area contributed by atoms with Crippen LogP contribution in [0, 0.1) is 5.82 Å². The maximum atomic E-state index is 13.4. The maximum Gasteiger partial charge on any atom is 0.321 e. The molecule has 1 aliphatic rings. The third kappa shape index (κ3) is 3.63.